The van der Waals surface area contributed by atoms with Crippen LogP contribution in [0.3, 0.4) is 0 Å². The van der Waals surface area contributed by atoms with Crippen LogP contribution in [0.15, 0.2) is 59.2 Å². The molecule has 2 unspecified atom stereocenters. The molecule has 1 saturated carbocycles. The molecule has 5 rings (SSSR count). The summed E-state index contributed by atoms with van der Waals surface area (Å²) in [7, 11) is 0. The second-order valence-corrected chi connectivity index (χ2v) is 11.0. The fourth-order valence-corrected chi connectivity index (χ4v) is 7.23. The van der Waals surface area contributed by atoms with Gasteiger partial charge in [0.2, 0.25) is 0 Å². The van der Waals surface area contributed by atoms with Crippen LogP contribution in [0.4, 0.5) is 0 Å². The monoisotopic (exact) mass is 444 g/mol. The predicted molar refractivity (Wildman–Crippen MR) is 131 cm³/mol. The first-order chi connectivity index (χ1) is 15.7. The molecule has 0 amide bonds. The van der Waals surface area contributed by atoms with Crippen LogP contribution in [0, 0.1) is 23.2 Å². The summed E-state index contributed by atoms with van der Waals surface area (Å²) in [5, 5.41) is 11.7. The van der Waals surface area contributed by atoms with Gasteiger partial charge in [-0.25, -0.2) is 0 Å². The quantitative estimate of drug-likeness (QED) is 0.418. The van der Waals surface area contributed by atoms with Gasteiger partial charge in [-0.1, -0.05) is 55.8 Å². The molecule has 0 heterocycles. The van der Waals surface area contributed by atoms with E-state index in [2.05, 4.69) is 26.0 Å². The maximum Gasteiger partial charge on any atom is 0.159 e. The van der Waals surface area contributed by atoms with Gasteiger partial charge < -0.3 is 5.11 Å². The number of hydrogen-bond acceptors (Lipinski definition) is 3. The van der Waals surface area contributed by atoms with Crippen molar-refractivity contribution >= 4 is 11.6 Å². The van der Waals surface area contributed by atoms with Crippen LogP contribution in [0.2, 0.25) is 0 Å². The number of carbonyl (C=O) groups excluding carboxylic acids is 2. The highest BCUT2D eigenvalue weighted by molar-refractivity contribution is 5.94. The van der Waals surface area contributed by atoms with E-state index in [-0.39, 0.29) is 11.2 Å². The molecule has 174 valence electrons. The normalized spacial score (nSPS) is 32.5. The topological polar surface area (TPSA) is 54.4 Å². The molecule has 5 atom stereocenters. The Balaban J connectivity index is 1.40. The van der Waals surface area contributed by atoms with Gasteiger partial charge in [0.05, 0.1) is 5.60 Å². The Kier molecular flexibility index (Phi) is 5.60. The van der Waals surface area contributed by atoms with Gasteiger partial charge in [-0.05, 0) is 97.8 Å². The number of ketones is 2. The molecule has 0 aromatic heterocycles. The number of Topliss-reactive ketones (excluding diaryl/α,β-unsaturated/α-hetero) is 1. The van der Waals surface area contributed by atoms with E-state index in [0.29, 0.717) is 48.4 Å². The smallest absolute Gasteiger partial charge is 0.159 e. The molecular weight excluding hydrogens is 408 g/mol. The fourth-order valence-electron chi connectivity index (χ4n) is 7.23. The van der Waals surface area contributed by atoms with Gasteiger partial charge in [-0.15, -0.1) is 0 Å². The second-order valence-electron chi connectivity index (χ2n) is 11.0. The zero-order valence-corrected chi connectivity index (χ0v) is 20.2. The maximum atomic E-state index is 11.9. The Bertz CT molecular complexity index is 1070. The summed E-state index contributed by atoms with van der Waals surface area (Å²) < 4.78 is 0. The van der Waals surface area contributed by atoms with Crippen molar-refractivity contribution in [1.82, 2.24) is 0 Å². The molecule has 33 heavy (non-hydrogen) atoms. The fraction of sp³-hybridized carbons (Fsp3) is 0.533. The number of carbonyl (C=O) groups is 2. The van der Waals surface area contributed by atoms with Crippen molar-refractivity contribution < 1.29 is 14.7 Å². The van der Waals surface area contributed by atoms with E-state index in [4.69, 9.17) is 0 Å². The molecule has 1 aromatic carbocycles. The molecule has 0 bridgehead atoms. The van der Waals surface area contributed by atoms with Crippen molar-refractivity contribution in [2.75, 3.05) is 0 Å². The standard InChI is InChI=1S/C30H36O3/c1-4-30(33,22-8-5-20(6-9-22)19(2)31)18-23-10-14-28-27-12-7-21-17-24(32)11-13-25(21)26(27)15-16-29(23,28)3/h5-6,8-10,14,17,23,27-28,33H,4,7,11-13,15-16,18H2,1-3H3/t23?,27-,28+,29-,30?/m1/s1. The highest BCUT2D eigenvalue weighted by Crippen LogP contribution is 2.61. The number of fused-ring (bicyclic) bond motifs is 4. The second kappa shape index (κ2) is 8.20. The molecule has 4 aliphatic rings. The van der Waals surface area contributed by atoms with Gasteiger partial charge >= 0.3 is 0 Å². The highest BCUT2D eigenvalue weighted by atomic mass is 16.3. The average molecular weight is 445 g/mol. The predicted octanol–water partition coefficient (Wildman–Crippen LogP) is 6.48. The van der Waals surface area contributed by atoms with Crippen molar-refractivity contribution in [2.24, 2.45) is 23.2 Å². The molecule has 0 radical (unpaired) electrons. The molecule has 1 fully saturated rings. The summed E-state index contributed by atoms with van der Waals surface area (Å²) in [6.45, 7) is 6.07. The number of allylic oxidation sites excluding steroid dienone is 6. The Morgan fingerprint density at radius 2 is 1.88 bits per heavy atom. The number of rotatable bonds is 5. The van der Waals surface area contributed by atoms with Crippen LogP contribution in [0.1, 0.15) is 88.1 Å². The lowest BCUT2D eigenvalue weighted by atomic mass is 9.54. The minimum absolute atomic E-state index is 0.0515. The maximum absolute atomic E-state index is 11.9. The van der Waals surface area contributed by atoms with E-state index in [1.807, 2.05) is 30.3 Å². The van der Waals surface area contributed by atoms with Crippen LogP contribution >= 0.6 is 0 Å². The van der Waals surface area contributed by atoms with Gasteiger partial charge in [0, 0.05) is 12.0 Å². The van der Waals surface area contributed by atoms with E-state index in [0.717, 1.165) is 37.7 Å². The van der Waals surface area contributed by atoms with Crippen LogP contribution in [0.25, 0.3) is 0 Å². The molecule has 0 aliphatic heterocycles. The Labute approximate surface area is 197 Å². The number of aliphatic hydroxyl groups is 1. The van der Waals surface area contributed by atoms with E-state index < -0.39 is 5.60 Å². The zero-order chi connectivity index (χ0) is 23.4. The first-order valence-electron chi connectivity index (χ1n) is 12.7. The van der Waals surface area contributed by atoms with E-state index in [1.165, 1.54) is 11.1 Å². The van der Waals surface area contributed by atoms with Crippen LogP contribution < -0.4 is 0 Å². The molecule has 0 saturated heterocycles. The van der Waals surface area contributed by atoms with Gasteiger partial charge in [-0.2, -0.15) is 0 Å². The van der Waals surface area contributed by atoms with Crippen molar-refractivity contribution in [3.8, 4) is 0 Å². The largest absolute Gasteiger partial charge is 0.385 e. The lowest BCUT2D eigenvalue weighted by Gasteiger charge is -2.50. The number of benzene rings is 1. The minimum Gasteiger partial charge on any atom is -0.385 e. The van der Waals surface area contributed by atoms with E-state index in [9.17, 15) is 14.7 Å². The van der Waals surface area contributed by atoms with Crippen molar-refractivity contribution in [3.05, 3.63) is 70.3 Å². The summed E-state index contributed by atoms with van der Waals surface area (Å²) in [5.74, 6) is 1.77. The lowest BCUT2D eigenvalue weighted by molar-refractivity contribution is -0.114. The van der Waals surface area contributed by atoms with Crippen LogP contribution in [-0.4, -0.2) is 16.7 Å². The SMILES string of the molecule is CCC(O)(CC1C=C[C@H]2[C@@H]3CCC4=CC(=O)CCC4=C3CC[C@]12C)c1ccc(C(C)=O)cc1. The zero-order valence-electron chi connectivity index (χ0n) is 20.2. The molecule has 3 nitrogen and oxygen atoms in total. The Morgan fingerprint density at radius 1 is 1.12 bits per heavy atom. The van der Waals surface area contributed by atoms with Gasteiger partial charge in [0.25, 0.3) is 0 Å². The van der Waals surface area contributed by atoms with Crippen LogP contribution in [-0.2, 0) is 10.4 Å². The third-order valence-corrected chi connectivity index (χ3v) is 9.40. The van der Waals surface area contributed by atoms with E-state index in [1.54, 1.807) is 12.5 Å². The third-order valence-electron chi connectivity index (χ3n) is 9.40. The molecule has 0 spiro atoms. The first kappa shape index (κ1) is 22.5. The molecule has 3 heteroatoms. The van der Waals surface area contributed by atoms with Gasteiger partial charge in [0.15, 0.2) is 11.6 Å². The summed E-state index contributed by atoms with van der Waals surface area (Å²) in [5.41, 5.74) is 5.30. The van der Waals surface area contributed by atoms with E-state index >= 15 is 0 Å². The van der Waals surface area contributed by atoms with Crippen molar-refractivity contribution in [2.45, 2.75) is 77.7 Å². The summed E-state index contributed by atoms with van der Waals surface area (Å²) in [6.07, 6.45) is 14.1. The first-order valence-corrected chi connectivity index (χ1v) is 12.7. The summed E-state index contributed by atoms with van der Waals surface area (Å²) in [4.78, 5) is 23.6. The number of hydrogen-bond donors (Lipinski definition) is 1. The Hall–Kier alpha value is -2.26. The molecule has 1 N–H and O–H groups in total. The van der Waals surface area contributed by atoms with Gasteiger partial charge in [-0.3, -0.25) is 9.59 Å². The molecular formula is C30H36O3. The van der Waals surface area contributed by atoms with Gasteiger partial charge in [0.1, 0.15) is 0 Å². The highest BCUT2D eigenvalue weighted by Gasteiger charge is 2.52. The Morgan fingerprint density at radius 3 is 2.58 bits per heavy atom. The summed E-state index contributed by atoms with van der Waals surface area (Å²) >= 11 is 0. The van der Waals surface area contributed by atoms with Crippen molar-refractivity contribution in [3.63, 3.8) is 0 Å². The lowest BCUT2D eigenvalue weighted by Crippen LogP contribution is -2.42. The minimum atomic E-state index is -0.896. The summed E-state index contributed by atoms with van der Waals surface area (Å²) in [6, 6.07) is 7.55. The molecule has 4 aliphatic carbocycles. The van der Waals surface area contributed by atoms with Crippen LogP contribution in [0.5, 0.6) is 0 Å². The average Bonchev–Trinajstić information content (AvgIpc) is 3.14. The molecule has 1 aromatic rings. The van der Waals surface area contributed by atoms with Crippen molar-refractivity contribution in [1.29, 1.82) is 0 Å². The third kappa shape index (κ3) is 3.69.